The molecule has 19 heavy (non-hydrogen) atoms. The lowest BCUT2D eigenvalue weighted by Crippen LogP contribution is -2.23. The predicted molar refractivity (Wildman–Crippen MR) is 76.0 cm³/mol. The van der Waals surface area contributed by atoms with Gasteiger partial charge in [-0.15, -0.1) is 0 Å². The van der Waals surface area contributed by atoms with Gasteiger partial charge in [0.05, 0.1) is 4.47 Å². The maximum Gasteiger partial charge on any atom is 0.251 e. The van der Waals surface area contributed by atoms with Crippen molar-refractivity contribution in [1.82, 2.24) is 10.3 Å². The van der Waals surface area contributed by atoms with Crippen LogP contribution in [0.15, 0.2) is 41.1 Å². The summed E-state index contributed by atoms with van der Waals surface area (Å²) >= 11 is 3.17. The highest BCUT2D eigenvalue weighted by molar-refractivity contribution is 9.10. The van der Waals surface area contributed by atoms with Gasteiger partial charge in [0, 0.05) is 24.5 Å². The van der Waals surface area contributed by atoms with E-state index in [9.17, 15) is 9.90 Å². The summed E-state index contributed by atoms with van der Waals surface area (Å²) in [6, 6.07) is 6.61. The van der Waals surface area contributed by atoms with E-state index in [4.69, 9.17) is 0 Å². The number of nitrogens with zero attached hydrogens (tertiary/aromatic N) is 1. The van der Waals surface area contributed by atoms with Gasteiger partial charge in [0.25, 0.3) is 5.91 Å². The fourth-order valence-corrected chi connectivity index (χ4v) is 1.86. The number of carbonyl (C=O) groups is 1. The molecule has 0 fully saturated rings. The summed E-state index contributed by atoms with van der Waals surface area (Å²) in [7, 11) is 0. The second-order valence-electron chi connectivity index (χ2n) is 4.15. The van der Waals surface area contributed by atoms with Gasteiger partial charge in [-0.05, 0) is 58.2 Å². The van der Waals surface area contributed by atoms with Gasteiger partial charge in [-0.2, -0.15) is 0 Å². The molecule has 2 N–H and O–H groups in total. The summed E-state index contributed by atoms with van der Waals surface area (Å²) in [5.41, 5.74) is 2.47. The number of hydrogen-bond donors (Lipinski definition) is 2. The van der Waals surface area contributed by atoms with Crippen molar-refractivity contribution >= 4 is 21.8 Å². The van der Waals surface area contributed by atoms with Crippen molar-refractivity contribution in [2.24, 2.45) is 0 Å². The molecule has 98 valence electrons. The molecular weight excluding hydrogens is 308 g/mol. The smallest absolute Gasteiger partial charge is 0.251 e. The van der Waals surface area contributed by atoms with Gasteiger partial charge in [0.1, 0.15) is 5.75 Å². The lowest BCUT2D eigenvalue weighted by Gasteiger charge is -2.08. The van der Waals surface area contributed by atoms with E-state index in [2.05, 4.69) is 26.2 Å². The second kappa shape index (κ2) is 5.84. The number of phenolic OH excluding ortho intramolecular Hbond substituents is 1. The van der Waals surface area contributed by atoms with Crippen LogP contribution in [-0.4, -0.2) is 16.0 Å². The van der Waals surface area contributed by atoms with Gasteiger partial charge in [0.2, 0.25) is 0 Å². The predicted octanol–water partition coefficient (Wildman–Crippen LogP) is 2.79. The number of amides is 1. The second-order valence-corrected chi connectivity index (χ2v) is 5.01. The summed E-state index contributed by atoms with van der Waals surface area (Å²) in [4.78, 5) is 16.0. The average Bonchev–Trinajstić information content (AvgIpc) is 2.40. The first-order chi connectivity index (χ1) is 9.08. The van der Waals surface area contributed by atoms with Crippen LogP contribution in [0.1, 0.15) is 21.5 Å². The number of hydrogen-bond acceptors (Lipinski definition) is 3. The summed E-state index contributed by atoms with van der Waals surface area (Å²) in [6.45, 7) is 2.38. The van der Waals surface area contributed by atoms with Crippen LogP contribution in [0.3, 0.4) is 0 Å². The minimum atomic E-state index is -0.231. The molecule has 0 bridgehead atoms. The number of carbonyl (C=O) groups excluding carboxylic acids is 1. The van der Waals surface area contributed by atoms with Gasteiger partial charge in [-0.3, -0.25) is 9.78 Å². The molecule has 1 aromatic heterocycles. The maximum atomic E-state index is 11.9. The summed E-state index contributed by atoms with van der Waals surface area (Å²) in [5, 5.41) is 12.3. The molecule has 4 nitrogen and oxygen atoms in total. The van der Waals surface area contributed by atoms with E-state index in [1.807, 2.05) is 13.0 Å². The third-order valence-corrected chi connectivity index (χ3v) is 3.47. The van der Waals surface area contributed by atoms with Crippen LogP contribution in [0.4, 0.5) is 0 Å². The van der Waals surface area contributed by atoms with E-state index in [0.29, 0.717) is 16.6 Å². The number of aryl methyl sites for hydroxylation is 1. The molecule has 0 aliphatic rings. The van der Waals surface area contributed by atoms with Crippen molar-refractivity contribution < 1.29 is 9.90 Å². The van der Waals surface area contributed by atoms with E-state index in [0.717, 1.165) is 11.1 Å². The lowest BCUT2D eigenvalue weighted by molar-refractivity contribution is 0.0950. The fraction of sp³-hybridized carbons (Fsp3) is 0.143. The SMILES string of the molecule is Cc1ccncc1CNC(=O)c1ccc(Br)c(O)c1. The molecular formula is C14H13BrN2O2. The zero-order valence-corrected chi connectivity index (χ0v) is 11.9. The largest absolute Gasteiger partial charge is 0.507 e. The van der Waals surface area contributed by atoms with E-state index in [1.165, 1.54) is 6.07 Å². The van der Waals surface area contributed by atoms with Gasteiger partial charge in [-0.25, -0.2) is 0 Å². The van der Waals surface area contributed by atoms with Crippen LogP contribution in [-0.2, 0) is 6.54 Å². The highest BCUT2D eigenvalue weighted by Gasteiger charge is 2.08. The van der Waals surface area contributed by atoms with Crippen LogP contribution < -0.4 is 5.32 Å². The number of rotatable bonds is 3. The summed E-state index contributed by atoms with van der Waals surface area (Å²) in [6.07, 6.45) is 3.45. The number of benzene rings is 1. The van der Waals surface area contributed by atoms with Crippen LogP contribution in [0.2, 0.25) is 0 Å². The Balaban J connectivity index is 2.05. The highest BCUT2D eigenvalue weighted by atomic mass is 79.9. The van der Waals surface area contributed by atoms with Crippen LogP contribution >= 0.6 is 15.9 Å². The van der Waals surface area contributed by atoms with Gasteiger partial charge in [0.15, 0.2) is 0 Å². The molecule has 0 saturated heterocycles. The van der Waals surface area contributed by atoms with Crippen molar-refractivity contribution in [3.8, 4) is 5.75 Å². The Kier molecular flexibility index (Phi) is 4.16. The Hall–Kier alpha value is -1.88. The minimum absolute atomic E-state index is 0.0465. The van der Waals surface area contributed by atoms with Gasteiger partial charge < -0.3 is 10.4 Å². The first kappa shape index (κ1) is 13.5. The molecule has 1 aromatic carbocycles. The maximum absolute atomic E-state index is 11.9. The molecule has 1 amide bonds. The molecule has 5 heteroatoms. The zero-order chi connectivity index (χ0) is 13.8. The van der Waals surface area contributed by atoms with Crippen molar-refractivity contribution in [1.29, 1.82) is 0 Å². The summed E-state index contributed by atoms with van der Waals surface area (Å²) in [5.74, 6) is -0.184. The first-order valence-corrected chi connectivity index (χ1v) is 6.53. The Morgan fingerprint density at radius 3 is 2.89 bits per heavy atom. The monoisotopic (exact) mass is 320 g/mol. The molecule has 0 aliphatic heterocycles. The first-order valence-electron chi connectivity index (χ1n) is 5.74. The van der Waals surface area contributed by atoms with Crippen molar-refractivity contribution in [2.75, 3.05) is 0 Å². The van der Waals surface area contributed by atoms with Crippen LogP contribution in [0.5, 0.6) is 5.75 Å². The van der Waals surface area contributed by atoms with E-state index in [-0.39, 0.29) is 11.7 Å². The Labute approximate surface area is 119 Å². The summed E-state index contributed by atoms with van der Waals surface area (Å²) < 4.78 is 0.562. The molecule has 0 unspecified atom stereocenters. The normalized spacial score (nSPS) is 10.2. The molecule has 2 aromatic rings. The number of aromatic nitrogens is 1. The number of pyridine rings is 1. The fourth-order valence-electron chi connectivity index (χ4n) is 1.61. The average molecular weight is 321 g/mol. The molecule has 0 spiro atoms. The molecule has 0 saturated carbocycles. The molecule has 0 atom stereocenters. The highest BCUT2D eigenvalue weighted by Crippen LogP contribution is 2.24. The number of halogens is 1. The van der Waals surface area contributed by atoms with Crippen molar-refractivity contribution in [2.45, 2.75) is 13.5 Å². The quantitative estimate of drug-likeness (QED) is 0.914. The van der Waals surface area contributed by atoms with E-state index < -0.39 is 0 Å². The lowest BCUT2D eigenvalue weighted by atomic mass is 10.1. The molecule has 2 rings (SSSR count). The van der Waals surface area contributed by atoms with Crippen LogP contribution in [0, 0.1) is 6.92 Å². The molecule has 1 heterocycles. The van der Waals surface area contributed by atoms with Crippen molar-refractivity contribution in [3.63, 3.8) is 0 Å². The topological polar surface area (TPSA) is 62.2 Å². The zero-order valence-electron chi connectivity index (χ0n) is 10.4. The Morgan fingerprint density at radius 1 is 1.42 bits per heavy atom. The Morgan fingerprint density at radius 2 is 2.21 bits per heavy atom. The molecule has 0 aliphatic carbocycles. The van der Waals surface area contributed by atoms with Crippen LogP contribution in [0.25, 0.3) is 0 Å². The Bertz CT molecular complexity index is 614. The minimum Gasteiger partial charge on any atom is -0.507 e. The molecule has 0 radical (unpaired) electrons. The van der Waals surface area contributed by atoms with Crippen molar-refractivity contribution in [3.05, 3.63) is 57.8 Å². The number of nitrogens with one attached hydrogen (secondary N) is 1. The number of phenols is 1. The number of aromatic hydroxyl groups is 1. The third kappa shape index (κ3) is 3.32. The van der Waals surface area contributed by atoms with Gasteiger partial charge >= 0.3 is 0 Å². The third-order valence-electron chi connectivity index (χ3n) is 2.80. The van der Waals surface area contributed by atoms with E-state index >= 15 is 0 Å². The standard InChI is InChI=1S/C14H13BrN2O2/c1-9-4-5-16-7-11(9)8-17-14(19)10-2-3-12(15)13(18)6-10/h2-7,18H,8H2,1H3,(H,17,19). The van der Waals surface area contributed by atoms with Gasteiger partial charge in [-0.1, -0.05) is 0 Å². The van der Waals surface area contributed by atoms with E-state index in [1.54, 1.807) is 24.5 Å².